The highest BCUT2D eigenvalue weighted by atomic mass is 19.1. The van der Waals surface area contributed by atoms with E-state index in [9.17, 15) is 23.6 Å². The van der Waals surface area contributed by atoms with E-state index in [4.69, 9.17) is 4.74 Å². The number of aromatic nitrogens is 2. The number of hydrogen-bond donors (Lipinski definition) is 2. The van der Waals surface area contributed by atoms with Gasteiger partial charge in [-0.15, -0.1) is 0 Å². The first-order valence-corrected chi connectivity index (χ1v) is 16.6. The van der Waals surface area contributed by atoms with E-state index in [2.05, 4.69) is 15.7 Å². The number of carbonyl (C=O) groups is 4. The van der Waals surface area contributed by atoms with Crippen LogP contribution >= 0.6 is 0 Å². The molecule has 1 aliphatic carbocycles. The summed E-state index contributed by atoms with van der Waals surface area (Å²) in [4.78, 5) is 57.7. The second kappa shape index (κ2) is 13.9. The van der Waals surface area contributed by atoms with Crippen molar-refractivity contribution >= 4 is 23.6 Å². The molecule has 11 nitrogen and oxygen atoms in total. The van der Waals surface area contributed by atoms with Gasteiger partial charge in [0.2, 0.25) is 17.7 Å². The summed E-state index contributed by atoms with van der Waals surface area (Å²) < 4.78 is 21.0. The maximum absolute atomic E-state index is 14.1. The van der Waals surface area contributed by atoms with E-state index in [0.29, 0.717) is 24.9 Å². The molecule has 6 rings (SSSR count). The predicted molar refractivity (Wildman–Crippen MR) is 175 cm³/mol. The van der Waals surface area contributed by atoms with Crippen molar-refractivity contribution in [1.29, 1.82) is 0 Å². The summed E-state index contributed by atoms with van der Waals surface area (Å²) in [6, 6.07) is 18.4. The van der Waals surface area contributed by atoms with E-state index in [1.54, 1.807) is 27.6 Å². The predicted octanol–water partition coefficient (Wildman–Crippen LogP) is 2.81. The number of benzene rings is 2. The molecule has 2 aromatic carbocycles. The van der Waals surface area contributed by atoms with E-state index >= 15 is 0 Å². The zero-order valence-electron chi connectivity index (χ0n) is 27.4. The Morgan fingerprint density at radius 1 is 0.979 bits per heavy atom. The molecule has 0 bridgehead atoms. The average molecular weight is 659 g/mol. The van der Waals surface area contributed by atoms with E-state index in [-0.39, 0.29) is 56.9 Å². The Kier molecular flexibility index (Phi) is 9.63. The smallest absolute Gasteiger partial charge is 0.257 e. The topological polar surface area (TPSA) is 126 Å². The minimum Gasteiger partial charge on any atom is -0.371 e. The molecule has 12 heteroatoms. The third kappa shape index (κ3) is 6.85. The summed E-state index contributed by atoms with van der Waals surface area (Å²) in [7, 11) is 1.50. The van der Waals surface area contributed by atoms with Crippen LogP contribution in [0.25, 0.3) is 0 Å². The minimum atomic E-state index is -0.985. The fraction of sp³-hybridized carbons (Fsp3) is 0.472. The molecule has 3 aliphatic rings. The van der Waals surface area contributed by atoms with E-state index < -0.39 is 41.5 Å². The second-order valence-electron chi connectivity index (χ2n) is 13.5. The van der Waals surface area contributed by atoms with Crippen LogP contribution in [-0.2, 0) is 32.3 Å². The van der Waals surface area contributed by atoms with Gasteiger partial charge in [-0.1, -0.05) is 60.7 Å². The number of nitrogens with one attached hydrogen (secondary N) is 2. The van der Waals surface area contributed by atoms with Crippen molar-refractivity contribution in [3.63, 3.8) is 0 Å². The maximum Gasteiger partial charge on any atom is 0.257 e. The molecular weight excluding hydrogens is 615 g/mol. The Hall–Kier alpha value is -4.58. The molecule has 2 saturated heterocycles. The first-order valence-electron chi connectivity index (χ1n) is 16.6. The van der Waals surface area contributed by atoms with Gasteiger partial charge in [0.1, 0.15) is 6.04 Å². The van der Waals surface area contributed by atoms with Crippen molar-refractivity contribution in [3.8, 4) is 0 Å². The van der Waals surface area contributed by atoms with Gasteiger partial charge >= 0.3 is 0 Å². The van der Waals surface area contributed by atoms with E-state index in [0.717, 1.165) is 11.1 Å². The largest absolute Gasteiger partial charge is 0.371 e. The molecule has 1 aromatic heterocycles. The van der Waals surface area contributed by atoms with Crippen LogP contribution in [0.2, 0.25) is 0 Å². The molecule has 3 aromatic rings. The van der Waals surface area contributed by atoms with Crippen LogP contribution in [0.1, 0.15) is 47.7 Å². The van der Waals surface area contributed by atoms with Gasteiger partial charge in [0.25, 0.3) is 5.91 Å². The van der Waals surface area contributed by atoms with Crippen LogP contribution in [0, 0.1) is 16.7 Å². The fourth-order valence-electron chi connectivity index (χ4n) is 7.12. The van der Waals surface area contributed by atoms with Crippen molar-refractivity contribution in [2.45, 2.75) is 51.5 Å². The van der Waals surface area contributed by atoms with Gasteiger partial charge < -0.3 is 25.2 Å². The summed E-state index contributed by atoms with van der Waals surface area (Å²) >= 11 is 0. The molecule has 0 radical (unpaired) electrons. The van der Waals surface area contributed by atoms with Gasteiger partial charge in [-0.3, -0.25) is 28.3 Å². The van der Waals surface area contributed by atoms with Gasteiger partial charge in [0, 0.05) is 44.8 Å². The van der Waals surface area contributed by atoms with Gasteiger partial charge in [-0.2, -0.15) is 5.10 Å². The lowest BCUT2D eigenvalue weighted by atomic mass is 9.70. The normalized spacial score (nSPS) is 20.1. The number of halogens is 1. The number of likely N-dealkylation sites (N-methyl/N-ethyl adjacent to an activating group) is 1. The lowest BCUT2D eigenvalue weighted by molar-refractivity contribution is -0.155. The number of rotatable bonds is 13. The van der Waals surface area contributed by atoms with Crippen molar-refractivity contribution in [2.75, 3.05) is 39.9 Å². The fourth-order valence-corrected chi connectivity index (χ4v) is 7.12. The molecule has 2 aliphatic heterocycles. The van der Waals surface area contributed by atoms with Gasteiger partial charge in [-0.05, 0) is 37.3 Å². The second-order valence-corrected chi connectivity index (χ2v) is 13.5. The highest BCUT2D eigenvalue weighted by Crippen LogP contribution is 2.53. The molecule has 4 amide bonds. The van der Waals surface area contributed by atoms with Crippen molar-refractivity contribution in [3.05, 3.63) is 89.7 Å². The molecule has 2 N–H and O–H groups in total. The molecule has 3 heterocycles. The summed E-state index contributed by atoms with van der Waals surface area (Å²) in [5.74, 6) is -1.81. The number of hydrogen-bond acceptors (Lipinski definition) is 6. The maximum atomic E-state index is 14.1. The lowest BCUT2D eigenvalue weighted by Crippen LogP contribution is -2.66. The van der Waals surface area contributed by atoms with E-state index in [1.807, 2.05) is 60.7 Å². The monoisotopic (exact) mass is 658 g/mol. The molecule has 0 unspecified atom stereocenters. The lowest BCUT2D eigenvalue weighted by Gasteiger charge is -2.51. The summed E-state index contributed by atoms with van der Waals surface area (Å²) in [5, 5.41) is 9.94. The Morgan fingerprint density at radius 3 is 2.25 bits per heavy atom. The van der Waals surface area contributed by atoms with Crippen LogP contribution in [0.5, 0.6) is 0 Å². The Bertz CT molecular complexity index is 1620. The van der Waals surface area contributed by atoms with Crippen molar-refractivity contribution in [2.24, 2.45) is 16.7 Å². The number of carbonyl (C=O) groups excluding carboxylic acids is 4. The standard InChI is InChI=1S/C36H43FN6O5/c1-25(48-21-27-11-7-4-8-12-27)30(32(45)38-2)40-31(44)29-20-41(22-36(29)23-42(24-36)34(47)35(13-14-35)15-16-37)33(46)28-17-39-43(19-28)18-26-9-5-3-6-10-26/h3-12,17,19,25,29-30H,13-16,18,20-24H2,1-2H3,(H,38,45)(H,40,44)/t25-,29+,30+/m1/s1. The molecule has 254 valence electrons. The summed E-state index contributed by atoms with van der Waals surface area (Å²) in [5.41, 5.74) is 1.03. The van der Waals surface area contributed by atoms with Gasteiger partial charge in [0.05, 0.1) is 49.0 Å². The van der Waals surface area contributed by atoms with Crippen LogP contribution in [0.4, 0.5) is 4.39 Å². The Labute approximate surface area is 279 Å². The van der Waals surface area contributed by atoms with E-state index in [1.165, 1.54) is 13.2 Å². The molecule has 3 fully saturated rings. The SMILES string of the molecule is CNC(=O)[C@@H](NC(=O)[C@@H]1CN(C(=O)c2cnn(Cc3ccccc3)c2)CC12CN(C(=O)C1(CCF)CC1)C2)[C@@H](C)OCc1ccccc1. The first kappa shape index (κ1) is 33.3. The highest BCUT2D eigenvalue weighted by molar-refractivity contribution is 5.96. The number of nitrogens with zero attached hydrogens (tertiary/aromatic N) is 4. The molecule has 1 spiro atoms. The first-order chi connectivity index (χ1) is 23.2. The zero-order chi connectivity index (χ0) is 33.9. The van der Waals surface area contributed by atoms with Crippen LogP contribution in [0.15, 0.2) is 73.1 Å². The molecule has 3 atom stereocenters. The zero-order valence-corrected chi connectivity index (χ0v) is 27.4. The number of amides is 4. The van der Waals surface area contributed by atoms with Crippen molar-refractivity contribution in [1.82, 2.24) is 30.2 Å². The highest BCUT2D eigenvalue weighted by Gasteiger charge is 2.62. The summed E-state index contributed by atoms with van der Waals surface area (Å²) in [6.07, 6.45) is 4.10. The van der Waals surface area contributed by atoms with Crippen LogP contribution < -0.4 is 10.6 Å². The molecular formula is C36H43FN6O5. The van der Waals surface area contributed by atoms with Crippen LogP contribution in [-0.4, -0.2) is 95.3 Å². The molecule has 1 saturated carbocycles. The van der Waals surface area contributed by atoms with Crippen molar-refractivity contribution < 1.29 is 28.3 Å². The van der Waals surface area contributed by atoms with Gasteiger partial charge in [0.15, 0.2) is 0 Å². The third-order valence-corrected chi connectivity index (χ3v) is 10.1. The van der Waals surface area contributed by atoms with Crippen LogP contribution in [0.3, 0.4) is 0 Å². The quantitative estimate of drug-likeness (QED) is 0.291. The van der Waals surface area contributed by atoms with Gasteiger partial charge in [-0.25, -0.2) is 0 Å². The summed E-state index contributed by atoms with van der Waals surface area (Å²) in [6.45, 7) is 2.88. The number of alkyl halides is 1. The molecule has 48 heavy (non-hydrogen) atoms. The number of likely N-dealkylation sites (tertiary alicyclic amines) is 2. The average Bonchev–Trinajstić information content (AvgIpc) is 3.53. The Morgan fingerprint density at radius 2 is 1.62 bits per heavy atom. The third-order valence-electron chi connectivity index (χ3n) is 10.1. The number of ether oxygens (including phenoxy) is 1. The minimum absolute atomic E-state index is 0.0805. The Balaban J connectivity index is 1.18.